The second-order valence-corrected chi connectivity index (χ2v) is 14.7. The van der Waals surface area contributed by atoms with Crippen molar-refractivity contribution in [1.82, 2.24) is 0 Å². The van der Waals surface area contributed by atoms with Crippen molar-refractivity contribution in [3.05, 3.63) is 0 Å². The summed E-state index contributed by atoms with van der Waals surface area (Å²) < 4.78 is 242. The summed E-state index contributed by atoms with van der Waals surface area (Å²) in [6.45, 7) is -1.88. The minimum Gasteiger partial charge on any atom is -0.269 e. The van der Waals surface area contributed by atoms with Gasteiger partial charge in [0.1, 0.15) is 13.3 Å². The Hall–Kier alpha value is -1.33. The fraction of sp³-hybridized carbons (Fsp3) is 1.00. The van der Waals surface area contributed by atoms with E-state index in [9.17, 15) is 74.6 Å². The van der Waals surface area contributed by atoms with Crippen LogP contribution >= 0.6 is 0 Å². The van der Waals surface area contributed by atoms with Crippen molar-refractivity contribution in [1.29, 1.82) is 0 Å². The van der Waals surface area contributed by atoms with Crippen molar-refractivity contribution in [2.45, 2.75) is 127 Å². The molecule has 8 atom stereocenters. The van der Waals surface area contributed by atoms with E-state index in [1.807, 2.05) is 0 Å². The van der Waals surface area contributed by atoms with Gasteiger partial charge in [-0.2, -0.15) is 0 Å². The van der Waals surface area contributed by atoms with Crippen LogP contribution in [-0.4, -0.2) is 65.9 Å². The minimum atomic E-state index is -5.46. The zero-order valence-electron chi connectivity index (χ0n) is 25.5. The highest BCUT2D eigenvalue weighted by molar-refractivity contribution is 5.31. The van der Waals surface area contributed by atoms with Gasteiger partial charge in [0.15, 0.2) is 16.8 Å². The predicted molar refractivity (Wildman–Crippen MR) is 129 cm³/mol. The Morgan fingerprint density at radius 2 is 0.783 bits per heavy atom. The molecule has 0 aromatic carbocycles. The minimum absolute atomic E-state index is 0. The molecule has 46 heavy (non-hydrogen) atoms. The van der Waals surface area contributed by atoms with Gasteiger partial charge in [-0.3, -0.25) is 13.8 Å². The molecule has 4 rings (SSSR count). The van der Waals surface area contributed by atoms with Gasteiger partial charge in [-0.25, -0.2) is 70.2 Å². The first-order chi connectivity index (χ1) is 18.9. The van der Waals surface area contributed by atoms with Crippen molar-refractivity contribution in [3.63, 3.8) is 0 Å². The summed E-state index contributed by atoms with van der Waals surface area (Å²) in [5, 5.41) is 0. The summed E-state index contributed by atoms with van der Waals surface area (Å²) in [7, 11) is 0. The van der Waals surface area contributed by atoms with Gasteiger partial charge in [0.25, 0.3) is 29.6 Å². The van der Waals surface area contributed by atoms with Crippen molar-refractivity contribution in [3.8, 4) is 0 Å². The molecule has 0 aliphatic heterocycles. The molecule has 4 saturated carbocycles. The second-order valence-electron chi connectivity index (χ2n) is 14.7. The SMILES string of the molecule is CC1(F)CC2(C)C(F)(F)C(C)(CF)CC(C)(C1(F)F)C2(F)F.CC1(F)CC2(C)CC(F)(CF)C(F)(F)C(C)(C1(F)F)C2(F)F.F.F. The second kappa shape index (κ2) is 10.1. The van der Waals surface area contributed by atoms with E-state index in [0.717, 1.165) is 0 Å². The van der Waals surface area contributed by atoms with E-state index in [0.29, 0.717) is 34.6 Å². The Bertz CT molecular complexity index is 1160. The molecule has 0 aromatic heterocycles. The van der Waals surface area contributed by atoms with Gasteiger partial charge in [-0.1, -0.05) is 13.8 Å². The molecule has 0 nitrogen and oxygen atoms in total. The maximum Gasteiger partial charge on any atom is 0.301 e. The number of hydrogen-bond donors (Lipinski definition) is 0. The van der Waals surface area contributed by atoms with E-state index < -0.39 is 119 Å². The van der Waals surface area contributed by atoms with Crippen LogP contribution in [0.2, 0.25) is 0 Å². The third kappa shape index (κ3) is 3.97. The Balaban J connectivity index is 0.000000441. The molecule has 0 amide bonds. The molecule has 19 heteroatoms. The molecule has 8 unspecified atom stereocenters. The first-order valence-electron chi connectivity index (χ1n) is 13.4. The average Bonchev–Trinajstić information content (AvgIpc) is 2.83. The molecule has 0 radical (unpaired) electrons. The van der Waals surface area contributed by atoms with E-state index >= 15 is 0 Å². The van der Waals surface area contributed by atoms with Crippen LogP contribution in [0.25, 0.3) is 0 Å². The Kier molecular flexibility index (Phi) is 9.39. The lowest BCUT2D eigenvalue weighted by molar-refractivity contribution is -0.450. The monoisotopic (exact) mass is 720 g/mol. The molecule has 4 aliphatic carbocycles. The van der Waals surface area contributed by atoms with Crippen molar-refractivity contribution < 1.29 is 84.0 Å². The van der Waals surface area contributed by atoms with Gasteiger partial charge >= 0.3 is 5.92 Å². The summed E-state index contributed by atoms with van der Waals surface area (Å²) in [5.74, 6) is -29.0. The van der Waals surface area contributed by atoms with Crippen molar-refractivity contribution >= 4 is 0 Å². The van der Waals surface area contributed by atoms with Gasteiger partial charge < -0.3 is 0 Å². The van der Waals surface area contributed by atoms with Gasteiger partial charge in [-0.05, 0) is 47.5 Å². The number of alkyl halides is 17. The zero-order chi connectivity index (χ0) is 35.2. The maximum absolute atomic E-state index is 14.6. The number of fused-ring (bicyclic) bond motifs is 4. The van der Waals surface area contributed by atoms with Crippen LogP contribution < -0.4 is 0 Å². The number of halogens is 19. The molecule has 0 saturated heterocycles. The largest absolute Gasteiger partial charge is 0.301 e. The Labute approximate surface area is 251 Å². The normalized spacial score (nSPS) is 50.1. The highest BCUT2D eigenvalue weighted by atomic mass is 19.3. The van der Waals surface area contributed by atoms with Crippen LogP contribution in [0.1, 0.15) is 74.1 Å². The van der Waals surface area contributed by atoms with E-state index in [1.54, 1.807) is 0 Å². The van der Waals surface area contributed by atoms with E-state index in [-0.39, 0.29) is 23.3 Å². The lowest BCUT2D eigenvalue weighted by atomic mass is 9.42. The Morgan fingerprint density at radius 1 is 0.391 bits per heavy atom. The van der Waals surface area contributed by atoms with E-state index in [1.165, 1.54) is 0 Å². The summed E-state index contributed by atoms with van der Waals surface area (Å²) in [4.78, 5) is 0. The molecule has 0 N–H and O–H groups in total. The maximum atomic E-state index is 14.6. The Morgan fingerprint density at radius 3 is 1.17 bits per heavy atom. The quantitative estimate of drug-likeness (QED) is 0.249. The smallest absolute Gasteiger partial charge is 0.269 e. The van der Waals surface area contributed by atoms with Crippen LogP contribution in [-0.2, 0) is 0 Å². The fourth-order valence-corrected chi connectivity index (χ4v) is 8.64. The molecule has 0 heterocycles. The summed E-state index contributed by atoms with van der Waals surface area (Å²) in [5.41, 5.74) is -28.5. The van der Waals surface area contributed by atoms with Crippen LogP contribution in [0.15, 0.2) is 0 Å². The van der Waals surface area contributed by atoms with E-state index in [2.05, 4.69) is 0 Å². The van der Waals surface area contributed by atoms with Gasteiger partial charge in [0.05, 0.1) is 16.2 Å². The fourth-order valence-electron chi connectivity index (χ4n) is 8.64. The van der Waals surface area contributed by atoms with Crippen LogP contribution in [0.4, 0.5) is 84.0 Å². The average molecular weight is 721 g/mol. The third-order valence-electron chi connectivity index (χ3n) is 11.4. The summed E-state index contributed by atoms with van der Waals surface area (Å²) >= 11 is 0. The lowest BCUT2D eigenvalue weighted by Gasteiger charge is -2.67. The molecular formula is C27H35F19. The predicted octanol–water partition coefficient (Wildman–Crippen LogP) is 10.8. The van der Waals surface area contributed by atoms with Crippen LogP contribution in [0.5, 0.6) is 0 Å². The van der Waals surface area contributed by atoms with Crippen LogP contribution in [0, 0.1) is 27.1 Å². The summed E-state index contributed by atoms with van der Waals surface area (Å²) in [6.07, 6.45) is -6.57. The van der Waals surface area contributed by atoms with E-state index in [4.69, 9.17) is 0 Å². The van der Waals surface area contributed by atoms with Crippen LogP contribution in [0.3, 0.4) is 0 Å². The zero-order valence-corrected chi connectivity index (χ0v) is 25.5. The van der Waals surface area contributed by atoms with Gasteiger partial charge in [0.2, 0.25) is 5.67 Å². The molecule has 4 bridgehead atoms. The number of rotatable bonds is 2. The molecule has 0 spiro atoms. The highest BCUT2D eigenvalue weighted by Crippen LogP contribution is 2.80. The third-order valence-corrected chi connectivity index (χ3v) is 11.4. The first kappa shape index (κ1) is 42.7. The molecule has 0 aromatic rings. The molecule has 4 aliphatic rings. The standard InChI is InChI=1S/C14H18F8.C13H15F9.2FH/c1-8(7-15)5-9(2)13(19,20)10(3,12(8,17)18)6-11(4,16)14(9,21)22;1-7-4-8(2,15)12(19,20)9(3,11(7,17)18)13(21,22)10(16,5-7)6-14;;/h5-7H2,1-4H3;4-6H2,1-3H3;2*1H. The molecule has 276 valence electrons. The molecule has 4 fully saturated rings. The number of hydrogen-bond acceptors (Lipinski definition) is 0. The van der Waals surface area contributed by atoms with Crippen molar-refractivity contribution in [2.75, 3.05) is 13.3 Å². The topological polar surface area (TPSA) is 0 Å². The lowest BCUT2D eigenvalue weighted by Crippen LogP contribution is -2.83. The van der Waals surface area contributed by atoms with Gasteiger partial charge in [-0.15, -0.1) is 0 Å². The van der Waals surface area contributed by atoms with Crippen molar-refractivity contribution in [2.24, 2.45) is 27.1 Å². The highest BCUT2D eigenvalue weighted by Gasteiger charge is 2.95. The first-order valence-corrected chi connectivity index (χ1v) is 13.4. The molecular weight excluding hydrogens is 685 g/mol. The van der Waals surface area contributed by atoms with Gasteiger partial charge in [0, 0.05) is 18.3 Å². The summed E-state index contributed by atoms with van der Waals surface area (Å²) in [6, 6.07) is 0.